The van der Waals surface area contributed by atoms with Crippen LogP contribution in [0.4, 0.5) is 4.39 Å². The minimum Gasteiger partial charge on any atom is -0.393 e. The highest BCUT2D eigenvalue weighted by Gasteiger charge is 2.29. The third kappa shape index (κ3) is 3.12. The van der Waals surface area contributed by atoms with E-state index in [1.54, 1.807) is 0 Å². The Morgan fingerprint density at radius 2 is 2.07 bits per heavy atom. The largest absolute Gasteiger partial charge is 0.393 e. The summed E-state index contributed by atoms with van der Waals surface area (Å²) in [5.74, 6) is -0.588. The molecule has 0 saturated heterocycles. The summed E-state index contributed by atoms with van der Waals surface area (Å²) in [4.78, 5) is 0. The molecule has 0 spiro atoms. The van der Waals surface area contributed by atoms with Gasteiger partial charge < -0.3 is 15.9 Å². The van der Waals surface area contributed by atoms with Crippen LogP contribution in [0.25, 0.3) is 0 Å². The number of hydrogen-bond donors (Lipinski definition) is 3. The molecule has 1 rings (SSSR count). The second-order valence-corrected chi connectivity index (χ2v) is 3.93. The van der Waals surface area contributed by atoms with Crippen LogP contribution in [0.2, 0.25) is 0 Å². The number of benzene rings is 1. The van der Waals surface area contributed by atoms with E-state index in [9.17, 15) is 9.50 Å². The molecule has 0 bridgehead atoms. The number of nitrogens with two attached hydrogens (primary N) is 1. The van der Waals surface area contributed by atoms with Gasteiger partial charge in [0.1, 0.15) is 11.4 Å². The van der Waals surface area contributed by atoms with Gasteiger partial charge in [-0.25, -0.2) is 4.39 Å². The molecular formula is C9H12BrClFNO2. The van der Waals surface area contributed by atoms with Crippen molar-refractivity contribution < 1.29 is 14.6 Å². The van der Waals surface area contributed by atoms with Crippen molar-refractivity contribution in [3.8, 4) is 0 Å². The van der Waals surface area contributed by atoms with Gasteiger partial charge in [0.25, 0.3) is 0 Å². The molecule has 0 aliphatic carbocycles. The Hall–Kier alpha value is -0.200. The number of rotatable bonds is 3. The first-order valence-electron chi connectivity index (χ1n) is 4.02. The minimum absolute atomic E-state index is 0. The molecule has 86 valence electrons. The fraction of sp³-hybridized carbons (Fsp3) is 0.333. The second kappa shape index (κ2) is 5.77. The summed E-state index contributed by atoms with van der Waals surface area (Å²) in [5.41, 5.74) is 3.56. The molecule has 0 heterocycles. The molecular weight excluding hydrogens is 288 g/mol. The molecule has 1 atom stereocenters. The Balaban J connectivity index is 0.00000196. The van der Waals surface area contributed by atoms with Crippen LogP contribution in [0.15, 0.2) is 22.7 Å². The third-order valence-corrected chi connectivity index (χ3v) is 2.52. The lowest BCUT2D eigenvalue weighted by Crippen LogP contribution is -2.39. The smallest absolute Gasteiger partial charge is 0.129 e. The van der Waals surface area contributed by atoms with E-state index in [2.05, 4.69) is 15.9 Å². The van der Waals surface area contributed by atoms with E-state index < -0.39 is 18.0 Å². The number of aliphatic hydroxyl groups excluding tert-OH is 1. The van der Waals surface area contributed by atoms with Crippen molar-refractivity contribution in [2.24, 2.45) is 5.73 Å². The Bertz CT molecular complexity index is 334. The summed E-state index contributed by atoms with van der Waals surface area (Å²) < 4.78 is 13.9. The van der Waals surface area contributed by atoms with E-state index in [1.807, 2.05) is 0 Å². The Labute approximate surface area is 102 Å². The summed E-state index contributed by atoms with van der Waals surface area (Å²) in [5, 5.41) is 18.7. The van der Waals surface area contributed by atoms with Gasteiger partial charge in [-0.3, -0.25) is 0 Å². The molecule has 0 aliphatic heterocycles. The van der Waals surface area contributed by atoms with Crippen LogP contribution in [0.1, 0.15) is 5.56 Å². The van der Waals surface area contributed by atoms with E-state index >= 15 is 0 Å². The highest BCUT2D eigenvalue weighted by molar-refractivity contribution is 9.10. The van der Waals surface area contributed by atoms with Crippen LogP contribution in [-0.2, 0) is 5.60 Å². The van der Waals surface area contributed by atoms with Gasteiger partial charge in [-0.05, 0) is 18.2 Å². The highest BCUT2D eigenvalue weighted by Crippen LogP contribution is 2.25. The normalized spacial score (nSPS) is 14.2. The maximum atomic E-state index is 13.3. The zero-order valence-corrected chi connectivity index (χ0v) is 10.2. The fourth-order valence-corrected chi connectivity index (χ4v) is 1.47. The molecule has 0 radical (unpaired) electrons. The molecule has 1 aromatic carbocycles. The van der Waals surface area contributed by atoms with Crippen molar-refractivity contribution in [1.29, 1.82) is 0 Å². The topological polar surface area (TPSA) is 66.5 Å². The number of hydrogen-bond acceptors (Lipinski definition) is 3. The maximum Gasteiger partial charge on any atom is 0.129 e. The van der Waals surface area contributed by atoms with Gasteiger partial charge in [0.05, 0.1) is 6.61 Å². The predicted molar refractivity (Wildman–Crippen MR) is 61.4 cm³/mol. The van der Waals surface area contributed by atoms with Crippen molar-refractivity contribution >= 4 is 28.3 Å². The molecule has 6 heteroatoms. The van der Waals surface area contributed by atoms with E-state index in [-0.39, 0.29) is 24.5 Å². The first-order valence-corrected chi connectivity index (χ1v) is 4.81. The molecule has 3 nitrogen and oxygen atoms in total. The average molecular weight is 301 g/mol. The van der Waals surface area contributed by atoms with Gasteiger partial charge >= 0.3 is 0 Å². The second-order valence-electron chi connectivity index (χ2n) is 3.02. The van der Waals surface area contributed by atoms with Crippen LogP contribution in [-0.4, -0.2) is 23.4 Å². The molecule has 0 saturated carbocycles. The van der Waals surface area contributed by atoms with Crippen molar-refractivity contribution in [1.82, 2.24) is 0 Å². The van der Waals surface area contributed by atoms with E-state index in [4.69, 9.17) is 10.8 Å². The van der Waals surface area contributed by atoms with Gasteiger partial charge in [0, 0.05) is 16.6 Å². The SMILES string of the molecule is Cl.NC[C@@](O)(CO)c1cc(Br)ccc1F. The standard InChI is InChI=1S/C9H11BrFNO2.ClH/c10-6-1-2-8(11)7(3-6)9(14,4-12)5-13;/h1-3,13-14H,4-5,12H2;1H/t9-;/m1./s1. The quantitative estimate of drug-likeness (QED) is 0.784. The number of aliphatic hydroxyl groups is 2. The van der Waals surface area contributed by atoms with Crippen LogP contribution in [0.5, 0.6) is 0 Å². The van der Waals surface area contributed by atoms with Crippen LogP contribution in [0, 0.1) is 5.82 Å². The zero-order chi connectivity index (χ0) is 10.8. The molecule has 4 N–H and O–H groups in total. The van der Waals surface area contributed by atoms with Crippen molar-refractivity contribution in [3.63, 3.8) is 0 Å². The summed E-state index contributed by atoms with van der Waals surface area (Å²) >= 11 is 3.15. The summed E-state index contributed by atoms with van der Waals surface area (Å²) in [6.45, 7) is -0.853. The van der Waals surface area contributed by atoms with Crippen molar-refractivity contribution in [2.75, 3.05) is 13.2 Å². The van der Waals surface area contributed by atoms with Crippen molar-refractivity contribution in [2.45, 2.75) is 5.60 Å². The predicted octanol–water partition coefficient (Wildman–Crippen LogP) is 1.15. The Morgan fingerprint density at radius 3 is 2.53 bits per heavy atom. The van der Waals surface area contributed by atoms with Gasteiger partial charge in [-0.2, -0.15) is 0 Å². The minimum atomic E-state index is -1.71. The first-order chi connectivity index (χ1) is 6.53. The Kier molecular flexibility index (Phi) is 5.69. The van der Waals surface area contributed by atoms with Gasteiger partial charge in [0.2, 0.25) is 0 Å². The molecule has 15 heavy (non-hydrogen) atoms. The van der Waals surface area contributed by atoms with Gasteiger partial charge in [-0.1, -0.05) is 15.9 Å². The summed E-state index contributed by atoms with van der Waals surface area (Å²) in [6, 6.07) is 4.11. The Morgan fingerprint density at radius 1 is 1.47 bits per heavy atom. The van der Waals surface area contributed by atoms with E-state index in [0.717, 1.165) is 0 Å². The summed E-state index contributed by atoms with van der Waals surface area (Å²) in [7, 11) is 0. The van der Waals surface area contributed by atoms with Gasteiger partial charge in [0.15, 0.2) is 0 Å². The average Bonchev–Trinajstić information content (AvgIpc) is 2.20. The summed E-state index contributed by atoms with van der Waals surface area (Å²) in [6.07, 6.45) is 0. The number of halogens is 3. The first kappa shape index (κ1) is 14.8. The van der Waals surface area contributed by atoms with Crippen LogP contribution < -0.4 is 5.73 Å². The van der Waals surface area contributed by atoms with Crippen LogP contribution in [0.3, 0.4) is 0 Å². The zero-order valence-electron chi connectivity index (χ0n) is 7.78. The molecule has 0 aliphatic rings. The lowest BCUT2D eigenvalue weighted by atomic mass is 9.94. The lowest BCUT2D eigenvalue weighted by Gasteiger charge is -2.24. The third-order valence-electron chi connectivity index (χ3n) is 2.03. The lowest BCUT2D eigenvalue weighted by molar-refractivity contribution is -0.0138. The molecule has 0 aromatic heterocycles. The van der Waals surface area contributed by atoms with E-state index in [1.165, 1.54) is 18.2 Å². The fourth-order valence-electron chi connectivity index (χ4n) is 1.11. The molecule has 0 amide bonds. The van der Waals surface area contributed by atoms with Gasteiger partial charge in [-0.15, -0.1) is 12.4 Å². The molecule has 0 unspecified atom stereocenters. The maximum absolute atomic E-state index is 13.3. The van der Waals surface area contributed by atoms with Crippen molar-refractivity contribution in [3.05, 3.63) is 34.1 Å². The highest BCUT2D eigenvalue weighted by atomic mass is 79.9. The van der Waals surface area contributed by atoms with Crippen LogP contribution >= 0.6 is 28.3 Å². The monoisotopic (exact) mass is 299 g/mol. The molecule has 1 aromatic rings. The van der Waals surface area contributed by atoms with E-state index in [0.29, 0.717) is 4.47 Å². The molecule has 0 fully saturated rings.